The number of carbonyl (C=O) groups excluding carboxylic acids is 3. The minimum Gasteiger partial charge on any atom is -0.461 e. The number of halogens is 1. The van der Waals surface area contributed by atoms with Gasteiger partial charge in [0.25, 0.3) is 5.91 Å². The number of aliphatic hydroxyl groups is 1. The van der Waals surface area contributed by atoms with Gasteiger partial charge in [-0.05, 0) is 37.5 Å². The van der Waals surface area contributed by atoms with Gasteiger partial charge in [-0.25, -0.2) is 0 Å². The minimum atomic E-state index is -1.30. The lowest BCUT2D eigenvalue weighted by Crippen LogP contribution is -2.55. The van der Waals surface area contributed by atoms with Crippen molar-refractivity contribution in [3.8, 4) is 0 Å². The predicted molar refractivity (Wildman–Crippen MR) is 124 cm³/mol. The van der Waals surface area contributed by atoms with Gasteiger partial charge in [0.05, 0.1) is 22.7 Å². The summed E-state index contributed by atoms with van der Waals surface area (Å²) in [5.41, 5.74) is 0.128. The van der Waals surface area contributed by atoms with Gasteiger partial charge in [-0.1, -0.05) is 42.0 Å². The van der Waals surface area contributed by atoms with Crippen LogP contribution in [0.3, 0.4) is 0 Å². The molecule has 1 unspecified atom stereocenters. The molecule has 0 bridgehead atoms. The molecule has 180 valence electrons. The van der Waals surface area contributed by atoms with Gasteiger partial charge in [-0.15, -0.1) is 0 Å². The summed E-state index contributed by atoms with van der Waals surface area (Å²) >= 11 is 6.51. The molecular weight excluding hydrogens is 460 g/mol. The number of esters is 1. The Bertz CT molecular complexity index is 1070. The molecule has 0 saturated carbocycles. The quantitative estimate of drug-likeness (QED) is 0.388. The zero-order valence-corrected chi connectivity index (χ0v) is 19.6. The molecule has 0 aromatic heterocycles. The average molecular weight is 487 g/mol. The Kier molecular flexibility index (Phi) is 6.00. The molecule has 1 spiro atoms. The number of amides is 2. The fourth-order valence-corrected chi connectivity index (χ4v) is 6.09. The number of unbranched alkanes of at least 4 members (excludes halogenated alkanes) is 1. The number of nitrogens with zero attached hydrogens (tertiary/aromatic N) is 2. The van der Waals surface area contributed by atoms with E-state index < -0.39 is 35.6 Å². The maximum absolute atomic E-state index is 14.2. The summed E-state index contributed by atoms with van der Waals surface area (Å²) in [5.74, 6) is -2.82. The van der Waals surface area contributed by atoms with Crippen molar-refractivity contribution >= 4 is 35.1 Å². The third kappa shape index (κ3) is 3.39. The van der Waals surface area contributed by atoms with E-state index in [4.69, 9.17) is 21.1 Å². The molecule has 1 aromatic rings. The lowest BCUT2D eigenvalue weighted by Gasteiger charge is -2.36. The van der Waals surface area contributed by atoms with Crippen LogP contribution >= 0.6 is 11.6 Å². The summed E-state index contributed by atoms with van der Waals surface area (Å²) in [7, 11) is 0. The molecule has 4 aliphatic heterocycles. The molecule has 1 aromatic carbocycles. The maximum atomic E-state index is 14.2. The van der Waals surface area contributed by atoms with Crippen molar-refractivity contribution in [2.24, 2.45) is 11.8 Å². The van der Waals surface area contributed by atoms with Crippen LogP contribution in [0, 0.1) is 18.8 Å². The molecule has 2 amide bonds. The second-order valence-corrected chi connectivity index (χ2v) is 9.53. The molecule has 0 aliphatic carbocycles. The van der Waals surface area contributed by atoms with Crippen molar-refractivity contribution < 1.29 is 29.0 Å². The van der Waals surface area contributed by atoms with E-state index in [1.54, 1.807) is 29.2 Å². The zero-order chi connectivity index (χ0) is 24.0. The molecule has 1 N–H and O–H groups in total. The lowest BCUT2D eigenvalue weighted by molar-refractivity contribution is -0.152. The Hall–Kier alpha value is -2.68. The molecule has 9 heteroatoms. The average Bonchev–Trinajstić information content (AvgIpc) is 3.10. The third-order valence-electron chi connectivity index (χ3n) is 7.18. The van der Waals surface area contributed by atoms with E-state index in [0.717, 1.165) is 5.56 Å². The molecule has 4 aliphatic rings. The van der Waals surface area contributed by atoms with Crippen LogP contribution in [0.4, 0.5) is 5.69 Å². The van der Waals surface area contributed by atoms with Crippen molar-refractivity contribution in [1.29, 1.82) is 0 Å². The van der Waals surface area contributed by atoms with Crippen LogP contribution in [0.1, 0.15) is 18.4 Å². The van der Waals surface area contributed by atoms with Gasteiger partial charge in [-0.3, -0.25) is 14.4 Å². The normalized spacial score (nSPS) is 32.3. The number of anilines is 1. The standard InChI is InChI=1S/C25H27ClN2O6/c1-15-7-4-8-16(26)20(15)27-12-6-10-25-19(18-17(34-25)9-5-14-33-24(18)32)22(30)28(11-2-3-13-29)21(25)23(27)31/h4-10,17-19,21,29H,2-3,11-14H2,1H3/t17-,18+,19+,21?,25+/m1/s1. The summed E-state index contributed by atoms with van der Waals surface area (Å²) in [6.07, 6.45) is 7.41. The van der Waals surface area contributed by atoms with Gasteiger partial charge in [-0.2, -0.15) is 0 Å². The topological polar surface area (TPSA) is 96.4 Å². The molecule has 2 saturated heterocycles. The lowest BCUT2D eigenvalue weighted by atomic mass is 9.78. The number of hydrogen-bond acceptors (Lipinski definition) is 6. The number of rotatable bonds is 5. The predicted octanol–water partition coefficient (Wildman–Crippen LogP) is 2.02. The van der Waals surface area contributed by atoms with E-state index in [-0.39, 0.29) is 38.1 Å². The van der Waals surface area contributed by atoms with Gasteiger partial charge in [0.15, 0.2) is 0 Å². The number of para-hydroxylation sites is 1. The molecule has 8 nitrogen and oxygen atoms in total. The second-order valence-electron chi connectivity index (χ2n) is 9.12. The Morgan fingerprint density at radius 3 is 2.76 bits per heavy atom. The van der Waals surface area contributed by atoms with Gasteiger partial charge < -0.3 is 24.4 Å². The van der Waals surface area contributed by atoms with Gasteiger partial charge >= 0.3 is 5.97 Å². The summed E-state index contributed by atoms with van der Waals surface area (Å²) in [6.45, 7) is 2.51. The van der Waals surface area contributed by atoms with E-state index in [9.17, 15) is 19.5 Å². The SMILES string of the molecule is Cc1cccc(Cl)c1N1CC=C[C@]23O[C@@H]4C=CCOC(=O)[C@@H]4[C@H]2C(=O)N(CCCCO)C3C1=O. The number of cyclic esters (lactones) is 1. The van der Waals surface area contributed by atoms with Crippen molar-refractivity contribution in [2.75, 3.05) is 31.2 Å². The Morgan fingerprint density at radius 2 is 2.00 bits per heavy atom. The van der Waals surface area contributed by atoms with Gasteiger partial charge in [0.2, 0.25) is 5.91 Å². The first-order valence-electron chi connectivity index (χ1n) is 11.6. The van der Waals surface area contributed by atoms with E-state index >= 15 is 0 Å². The largest absolute Gasteiger partial charge is 0.461 e. The number of likely N-dealkylation sites (tertiary alicyclic amines) is 1. The highest BCUT2D eigenvalue weighted by molar-refractivity contribution is 6.34. The summed E-state index contributed by atoms with van der Waals surface area (Å²) < 4.78 is 11.8. The van der Waals surface area contributed by atoms with Gasteiger partial charge in [0.1, 0.15) is 24.2 Å². The van der Waals surface area contributed by atoms with Crippen LogP contribution in [0.5, 0.6) is 0 Å². The molecule has 34 heavy (non-hydrogen) atoms. The molecule has 5 rings (SSSR count). The number of aryl methyl sites for hydroxylation is 1. The highest BCUT2D eigenvalue weighted by Gasteiger charge is 2.71. The first-order chi connectivity index (χ1) is 16.4. The van der Waals surface area contributed by atoms with Crippen molar-refractivity contribution in [3.63, 3.8) is 0 Å². The number of carbonyl (C=O) groups is 3. The van der Waals surface area contributed by atoms with Gasteiger partial charge in [0, 0.05) is 19.7 Å². The number of aliphatic hydroxyl groups excluding tert-OH is 1. The molecule has 4 heterocycles. The first-order valence-corrected chi connectivity index (χ1v) is 11.9. The van der Waals surface area contributed by atoms with Crippen LogP contribution < -0.4 is 4.90 Å². The van der Waals surface area contributed by atoms with Crippen LogP contribution in [-0.4, -0.2) is 71.8 Å². The van der Waals surface area contributed by atoms with Crippen molar-refractivity contribution in [2.45, 2.75) is 37.5 Å². The number of hydrogen-bond donors (Lipinski definition) is 1. The fraction of sp³-hybridized carbons (Fsp3) is 0.480. The number of ether oxygens (including phenoxy) is 2. The van der Waals surface area contributed by atoms with Crippen molar-refractivity contribution in [1.82, 2.24) is 4.90 Å². The zero-order valence-electron chi connectivity index (χ0n) is 18.9. The molecule has 0 radical (unpaired) electrons. The van der Waals surface area contributed by atoms with E-state index in [1.165, 1.54) is 4.90 Å². The van der Waals surface area contributed by atoms with E-state index in [0.29, 0.717) is 23.6 Å². The summed E-state index contributed by atoms with van der Waals surface area (Å²) in [4.78, 5) is 44.0. The van der Waals surface area contributed by atoms with Crippen LogP contribution in [0.2, 0.25) is 5.02 Å². The van der Waals surface area contributed by atoms with Crippen LogP contribution in [0.25, 0.3) is 0 Å². The summed E-state index contributed by atoms with van der Waals surface area (Å²) in [5, 5.41) is 9.71. The first kappa shape index (κ1) is 23.1. The maximum Gasteiger partial charge on any atom is 0.313 e. The highest BCUT2D eigenvalue weighted by Crippen LogP contribution is 2.53. The smallest absolute Gasteiger partial charge is 0.313 e. The Labute approximate surface area is 202 Å². The van der Waals surface area contributed by atoms with E-state index in [1.807, 2.05) is 25.1 Å². The Balaban J connectivity index is 1.62. The number of fused-ring (bicyclic) bond motifs is 2. The third-order valence-corrected chi connectivity index (χ3v) is 7.48. The van der Waals surface area contributed by atoms with E-state index in [2.05, 4.69) is 0 Å². The number of benzene rings is 1. The Morgan fingerprint density at radius 1 is 1.18 bits per heavy atom. The fourth-order valence-electron chi connectivity index (χ4n) is 5.77. The minimum absolute atomic E-state index is 0.0155. The highest BCUT2D eigenvalue weighted by atomic mass is 35.5. The van der Waals surface area contributed by atoms with Crippen molar-refractivity contribution in [3.05, 3.63) is 53.1 Å². The molecule has 2 fully saturated rings. The molecular formula is C25H27ClN2O6. The molecule has 5 atom stereocenters. The second kappa shape index (κ2) is 8.83. The monoisotopic (exact) mass is 486 g/mol. The van der Waals surface area contributed by atoms with Crippen LogP contribution in [-0.2, 0) is 23.9 Å². The summed E-state index contributed by atoms with van der Waals surface area (Å²) in [6, 6.07) is 4.47. The van der Waals surface area contributed by atoms with Crippen LogP contribution in [0.15, 0.2) is 42.5 Å².